The zero-order valence-corrected chi connectivity index (χ0v) is 20.3. The number of fused-ring (bicyclic) bond motifs is 2. The van der Waals surface area contributed by atoms with Crippen molar-refractivity contribution in [2.75, 3.05) is 6.61 Å². The van der Waals surface area contributed by atoms with E-state index in [9.17, 15) is 9.90 Å². The summed E-state index contributed by atoms with van der Waals surface area (Å²) >= 11 is 0. The third-order valence-corrected chi connectivity index (χ3v) is 11.9. The van der Waals surface area contributed by atoms with Gasteiger partial charge in [0.2, 0.25) is 0 Å². The number of rotatable bonds is 6. The highest BCUT2D eigenvalue weighted by molar-refractivity contribution is 6.74. The maximum atomic E-state index is 12.9. The Morgan fingerprint density at radius 1 is 1.17 bits per heavy atom. The van der Waals surface area contributed by atoms with Crippen LogP contribution in [0.25, 0.3) is 0 Å². The molecule has 1 aromatic rings. The molecule has 2 aliphatic heterocycles. The number of ether oxygens (including phenoxy) is 1. The van der Waals surface area contributed by atoms with Crippen LogP contribution >= 0.6 is 0 Å². The van der Waals surface area contributed by atoms with Gasteiger partial charge in [-0.25, -0.2) is 4.79 Å². The molecule has 0 saturated carbocycles. The maximum absolute atomic E-state index is 12.9. The van der Waals surface area contributed by atoms with Crippen LogP contribution in [-0.2, 0) is 15.8 Å². The number of carbonyl (C=O) groups is 1. The largest absolute Gasteiger partial charge is 0.445 e. The molecule has 2 aliphatic rings. The lowest BCUT2D eigenvalue weighted by Gasteiger charge is -2.51. The Morgan fingerprint density at radius 2 is 1.77 bits per heavy atom. The number of hydrogen-bond donors (Lipinski definition) is 1. The minimum atomic E-state index is -1.82. The van der Waals surface area contributed by atoms with E-state index in [0.29, 0.717) is 32.5 Å². The van der Waals surface area contributed by atoms with Crippen molar-refractivity contribution in [1.29, 1.82) is 0 Å². The lowest BCUT2D eigenvalue weighted by atomic mass is 9.74. The first-order valence-corrected chi connectivity index (χ1v) is 14.3. The summed E-state index contributed by atoms with van der Waals surface area (Å²) < 4.78 is 11.9. The van der Waals surface area contributed by atoms with E-state index in [0.717, 1.165) is 24.8 Å². The van der Waals surface area contributed by atoms with Crippen molar-refractivity contribution in [2.45, 2.75) is 102 Å². The molecule has 5 nitrogen and oxygen atoms in total. The molecular weight excluding hydrogens is 394 g/mol. The molecular formula is C24H39NO4Si. The Bertz CT molecular complexity index is 702. The van der Waals surface area contributed by atoms with Gasteiger partial charge in [0.25, 0.3) is 0 Å². The van der Waals surface area contributed by atoms with Crippen LogP contribution in [0.2, 0.25) is 18.1 Å². The molecule has 0 aromatic heterocycles. The van der Waals surface area contributed by atoms with Gasteiger partial charge in [-0.2, -0.15) is 0 Å². The number of aliphatic hydroxyl groups is 1. The second-order valence-electron chi connectivity index (χ2n) is 10.7. The van der Waals surface area contributed by atoms with Gasteiger partial charge in [0, 0.05) is 18.7 Å². The molecule has 2 unspecified atom stereocenters. The van der Waals surface area contributed by atoms with Crippen molar-refractivity contribution in [1.82, 2.24) is 4.90 Å². The second kappa shape index (κ2) is 9.01. The zero-order chi connectivity index (χ0) is 22.0. The lowest BCUT2D eigenvalue weighted by Crippen LogP contribution is -2.60. The van der Waals surface area contributed by atoms with E-state index in [1.807, 2.05) is 35.2 Å². The van der Waals surface area contributed by atoms with Gasteiger partial charge >= 0.3 is 6.09 Å². The van der Waals surface area contributed by atoms with Crippen molar-refractivity contribution in [3.63, 3.8) is 0 Å². The predicted octanol–water partition coefficient (Wildman–Crippen LogP) is 5.48. The molecule has 0 aliphatic carbocycles. The second-order valence-corrected chi connectivity index (χ2v) is 15.5. The van der Waals surface area contributed by atoms with E-state index < -0.39 is 13.9 Å². The third-order valence-electron chi connectivity index (χ3n) is 7.35. The summed E-state index contributed by atoms with van der Waals surface area (Å²) in [4.78, 5) is 14.8. The molecule has 0 spiro atoms. The molecule has 0 radical (unpaired) electrons. The van der Waals surface area contributed by atoms with Gasteiger partial charge in [-0.15, -0.1) is 0 Å². The first kappa shape index (κ1) is 23.3. The van der Waals surface area contributed by atoms with Crippen LogP contribution in [0.5, 0.6) is 0 Å². The normalized spacial score (nSPS) is 27.1. The van der Waals surface area contributed by atoms with E-state index in [-0.39, 0.29) is 23.2 Å². The molecule has 168 valence electrons. The van der Waals surface area contributed by atoms with Crippen molar-refractivity contribution in [2.24, 2.45) is 0 Å². The highest BCUT2D eigenvalue weighted by Crippen LogP contribution is 2.42. The quantitative estimate of drug-likeness (QED) is 0.603. The minimum Gasteiger partial charge on any atom is -0.445 e. The summed E-state index contributed by atoms with van der Waals surface area (Å²) in [6, 6.07) is 9.89. The summed E-state index contributed by atoms with van der Waals surface area (Å²) in [5, 5.41) is 11.5. The average molecular weight is 434 g/mol. The van der Waals surface area contributed by atoms with Crippen molar-refractivity contribution in [3.8, 4) is 0 Å². The molecule has 2 saturated heterocycles. The van der Waals surface area contributed by atoms with E-state index in [2.05, 4.69) is 33.9 Å². The van der Waals surface area contributed by atoms with Crippen molar-refractivity contribution < 1.29 is 19.1 Å². The van der Waals surface area contributed by atoms with Crippen LogP contribution in [0.3, 0.4) is 0 Å². The zero-order valence-electron chi connectivity index (χ0n) is 19.3. The fourth-order valence-corrected chi connectivity index (χ4v) is 5.58. The smallest absolute Gasteiger partial charge is 0.410 e. The fraction of sp³-hybridized carbons (Fsp3) is 0.708. The standard InChI is InChI=1S/C24H39NO4Si/c1-23(2,3)30(4,5)29-15-14-24(27)16-20-12-9-13-21(17-24)25(20)22(26)28-18-19-10-7-6-8-11-19/h6-8,10-11,20-21,27H,9,12-18H2,1-5H3. The Labute approximate surface area is 182 Å². The Kier molecular flexibility index (Phi) is 7.00. The molecule has 2 bridgehead atoms. The molecule has 2 atom stereocenters. The van der Waals surface area contributed by atoms with Gasteiger partial charge in [-0.3, -0.25) is 0 Å². The topological polar surface area (TPSA) is 59.0 Å². The summed E-state index contributed by atoms with van der Waals surface area (Å²) in [6.45, 7) is 12.1. The van der Waals surface area contributed by atoms with Crippen LogP contribution in [-0.4, -0.2) is 48.7 Å². The van der Waals surface area contributed by atoms with Gasteiger partial charge in [0.1, 0.15) is 6.61 Å². The van der Waals surface area contributed by atoms with E-state index >= 15 is 0 Å². The van der Waals surface area contributed by atoms with Crippen LogP contribution < -0.4 is 0 Å². The maximum Gasteiger partial charge on any atom is 0.410 e. The molecule has 3 rings (SSSR count). The van der Waals surface area contributed by atoms with Gasteiger partial charge in [0.15, 0.2) is 8.32 Å². The van der Waals surface area contributed by atoms with E-state index in [1.54, 1.807) is 0 Å². The van der Waals surface area contributed by atoms with Crippen molar-refractivity contribution in [3.05, 3.63) is 35.9 Å². The Balaban J connectivity index is 1.57. The highest BCUT2D eigenvalue weighted by Gasteiger charge is 2.48. The van der Waals surface area contributed by atoms with Crippen LogP contribution in [0.1, 0.15) is 64.9 Å². The number of hydrogen-bond acceptors (Lipinski definition) is 4. The van der Waals surface area contributed by atoms with Gasteiger partial charge in [0.05, 0.1) is 5.60 Å². The van der Waals surface area contributed by atoms with Crippen molar-refractivity contribution >= 4 is 14.4 Å². The molecule has 6 heteroatoms. The fourth-order valence-electron chi connectivity index (χ4n) is 4.54. The van der Waals surface area contributed by atoms with Gasteiger partial charge < -0.3 is 19.2 Å². The number of carbonyl (C=O) groups excluding carboxylic acids is 1. The number of nitrogens with zero attached hydrogens (tertiary/aromatic N) is 1. The highest BCUT2D eigenvalue weighted by atomic mass is 28.4. The average Bonchev–Trinajstić information content (AvgIpc) is 2.65. The molecule has 1 N–H and O–H groups in total. The number of benzene rings is 1. The number of piperidine rings is 2. The first-order chi connectivity index (χ1) is 14.0. The SMILES string of the molecule is CC(C)(C)[Si](C)(C)OCCC1(O)CC2CCCC(C1)N2C(=O)OCc1ccccc1. The lowest BCUT2D eigenvalue weighted by molar-refractivity contribution is -0.0933. The summed E-state index contributed by atoms with van der Waals surface area (Å²) in [7, 11) is -1.82. The molecule has 1 amide bonds. The summed E-state index contributed by atoms with van der Waals surface area (Å²) in [5.74, 6) is 0. The van der Waals surface area contributed by atoms with E-state index in [4.69, 9.17) is 9.16 Å². The van der Waals surface area contributed by atoms with Gasteiger partial charge in [-0.05, 0) is 62.2 Å². The predicted molar refractivity (Wildman–Crippen MR) is 122 cm³/mol. The molecule has 2 fully saturated rings. The summed E-state index contributed by atoms with van der Waals surface area (Å²) in [6.07, 6.45) is 4.60. The molecule has 2 heterocycles. The van der Waals surface area contributed by atoms with Crippen LogP contribution in [0.15, 0.2) is 30.3 Å². The monoisotopic (exact) mass is 433 g/mol. The Hall–Kier alpha value is -1.37. The summed E-state index contributed by atoms with van der Waals surface area (Å²) in [5.41, 5.74) is 0.237. The minimum absolute atomic E-state index is 0.0543. The third kappa shape index (κ3) is 5.45. The van der Waals surface area contributed by atoms with Crippen LogP contribution in [0.4, 0.5) is 4.79 Å². The Morgan fingerprint density at radius 3 is 2.33 bits per heavy atom. The van der Waals surface area contributed by atoms with Gasteiger partial charge in [-0.1, -0.05) is 51.1 Å². The molecule has 30 heavy (non-hydrogen) atoms. The number of amides is 1. The first-order valence-electron chi connectivity index (χ1n) is 11.4. The molecule has 1 aromatic carbocycles. The van der Waals surface area contributed by atoms with Crippen LogP contribution in [0, 0.1) is 0 Å². The van der Waals surface area contributed by atoms with E-state index in [1.165, 1.54) is 0 Å².